The van der Waals surface area contributed by atoms with Crippen LogP contribution in [-0.2, 0) is 18.2 Å². The largest absolute Gasteiger partial charge is 0.381 e. The van der Waals surface area contributed by atoms with Crippen molar-refractivity contribution in [3.8, 4) is 0 Å². The number of hydrogen-bond donors (Lipinski definition) is 1. The molecule has 4 nitrogen and oxygen atoms in total. The molecular weight excluding hydrogens is 202 g/mol. The summed E-state index contributed by atoms with van der Waals surface area (Å²) >= 11 is 0. The lowest BCUT2D eigenvalue weighted by Gasteiger charge is -2.23. The fourth-order valence-corrected chi connectivity index (χ4v) is 2.09. The topological polar surface area (TPSA) is 39.1 Å². The van der Waals surface area contributed by atoms with Gasteiger partial charge in [-0.3, -0.25) is 4.68 Å². The first-order valence-electron chi connectivity index (χ1n) is 6.16. The van der Waals surface area contributed by atoms with Crippen LogP contribution in [0.4, 0.5) is 5.82 Å². The quantitative estimate of drug-likeness (QED) is 0.848. The van der Waals surface area contributed by atoms with E-state index in [0.29, 0.717) is 6.04 Å². The fraction of sp³-hybridized carbons (Fsp3) is 0.750. The fourth-order valence-electron chi connectivity index (χ4n) is 2.09. The highest BCUT2D eigenvalue weighted by molar-refractivity contribution is 5.38. The maximum Gasteiger partial charge on any atom is 0.124 e. The Morgan fingerprint density at radius 3 is 2.94 bits per heavy atom. The molecule has 0 atom stereocenters. The van der Waals surface area contributed by atoms with Crippen molar-refractivity contribution in [2.24, 2.45) is 7.05 Å². The second-order valence-electron chi connectivity index (χ2n) is 4.43. The predicted octanol–water partition coefficient (Wildman–Crippen LogP) is 1.96. The lowest BCUT2D eigenvalue weighted by atomic mass is 10.1. The van der Waals surface area contributed by atoms with Crippen molar-refractivity contribution in [2.45, 2.75) is 38.6 Å². The number of anilines is 1. The smallest absolute Gasteiger partial charge is 0.124 e. The molecule has 1 saturated heterocycles. The Kier molecular flexibility index (Phi) is 3.83. The first kappa shape index (κ1) is 11.5. The summed E-state index contributed by atoms with van der Waals surface area (Å²) in [5, 5.41) is 8.04. The molecule has 0 amide bonds. The van der Waals surface area contributed by atoms with Gasteiger partial charge in [0.2, 0.25) is 0 Å². The van der Waals surface area contributed by atoms with E-state index in [-0.39, 0.29) is 0 Å². The number of nitrogens with zero attached hydrogens (tertiary/aromatic N) is 2. The van der Waals surface area contributed by atoms with Gasteiger partial charge in [0.05, 0.1) is 5.69 Å². The Labute approximate surface area is 97.0 Å². The SMILES string of the molecule is CCCc1cc(NC2CCOCC2)n(C)n1. The van der Waals surface area contributed by atoms with Crippen molar-refractivity contribution in [3.63, 3.8) is 0 Å². The Balaban J connectivity index is 1.96. The molecule has 0 spiro atoms. The first-order chi connectivity index (χ1) is 7.79. The average molecular weight is 223 g/mol. The van der Waals surface area contributed by atoms with Crippen molar-refractivity contribution < 1.29 is 4.74 Å². The van der Waals surface area contributed by atoms with Gasteiger partial charge in [-0.2, -0.15) is 5.10 Å². The van der Waals surface area contributed by atoms with Crippen LogP contribution >= 0.6 is 0 Å². The van der Waals surface area contributed by atoms with Crippen LogP contribution in [-0.4, -0.2) is 29.0 Å². The Bertz CT molecular complexity index is 329. The number of hydrogen-bond acceptors (Lipinski definition) is 3. The van der Waals surface area contributed by atoms with E-state index >= 15 is 0 Å². The summed E-state index contributed by atoms with van der Waals surface area (Å²) < 4.78 is 7.29. The summed E-state index contributed by atoms with van der Waals surface area (Å²) in [5.41, 5.74) is 1.18. The van der Waals surface area contributed by atoms with Crippen LogP contribution in [0.1, 0.15) is 31.9 Å². The third kappa shape index (κ3) is 2.76. The minimum atomic E-state index is 0.540. The van der Waals surface area contributed by atoms with Gasteiger partial charge in [-0.15, -0.1) is 0 Å². The van der Waals surface area contributed by atoms with E-state index in [1.165, 1.54) is 5.69 Å². The predicted molar refractivity (Wildman–Crippen MR) is 64.7 cm³/mol. The summed E-state index contributed by atoms with van der Waals surface area (Å²) in [7, 11) is 2.00. The van der Waals surface area contributed by atoms with Gasteiger partial charge in [-0.25, -0.2) is 0 Å². The number of aromatic nitrogens is 2. The molecule has 90 valence electrons. The molecule has 0 aliphatic carbocycles. The van der Waals surface area contributed by atoms with E-state index in [0.717, 1.165) is 44.7 Å². The molecule has 1 N–H and O–H groups in total. The molecular formula is C12H21N3O. The molecule has 1 aromatic rings. The van der Waals surface area contributed by atoms with Crippen LogP contribution in [0.25, 0.3) is 0 Å². The standard InChI is InChI=1S/C12H21N3O/c1-3-4-11-9-12(15(2)14-11)13-10-5-7-16-8-6-10/h9-10,13H,3-8H2,1-2H3. The van der Waals surface area contributed by atoms with Crippen molar-refractivity contribution in [1.82, 2.24) is 9.78 Å². The molecule has 4 heteroatoms. The molecule has 0 aromatic carbocycles. The van der Waals surface area contributed by atoms with Gasteiger partial charge in [-0.1, -0.05) is 13.3 Å². The van der Waals surface area contributed by atoms with Crippen molar-refractivity contribution in [1.29, 1.82) is 0 Å². The molecule has 1 aliphatic rings. The van der Waals surface area contributed by atoms with Crippen LogP contribution in [0.3, 0.4) is 0 Å². The first-order valence-corrected chi connectivity index (χ1v) is 6.16. The minimum absolute atomic E-state index is 0.540. The number of aryl methyl sites for hydroxylation is 2. The van der Waals surface area contributed by atoms with Gasteiger partial charge in [0.25, 0.3) is 0 Å². The molecule has 2 rings (SSSR count). The van der Waals surface area contributed by atoms with Crippen LogP contribution in [0, 0.1) is 0 Å². The van der Waals surface area contributed by atoms with E-state index < -0.39 is 0 Å². The van der Waals surface area contributed by atoms with Gasteiger partial charge in [0.1, 0.15) is 5.82 Å². The lowest BCUT2D eigenvalue weighted by Crippen LogP contribution is -2.28. The van der Waals surface area contributed by atoms with Gasteiger partial charge >= 0.3 is 0 Å². The van der Waals surface area contributed by atoms with Crippen molar-refractivity contribution in [3.05, 3.63) is 11.8 Å². The summed E-state index contributed by atoms with van der Waals surface area (Å²) in [6.45, 7) is 3.93. The lowest BCUT2D eigenvalue weighted by molar-refractivity contribution is 0.0903. The average Bonchev–Trinajstić information content (AvgIpc) is 2.61. The van der Waals surface area contributed by atoms with E-state index in [1.807, 2.05) is 11.7 Å². The minimum Gasteiger partial charge on any atom is -0.381 e. The second kappa shape index (κ2) is 5.34. The summed E-state index contributed by atoms with van der Waals surface area (Å²) in [6, 6.07) is 2.71. The van der Waals surface area contributed by atoms with E-state index in [9.17, 15) is 0 Å². The third-order valence-corrected chi connectivity index (χ3v) is 3.01. The van der Waals surface area contributed by atoms with Gasteiger partial charge in [0, 0.05) is 32.4 Å². The maximum absolute atomic E-state index is 5.35. The molecule has 0 radical (unpaired) electrons. The van der Waals surface area contributed by atoms with Gasteiger partial charge in [-0.05, 0) is 19.3 Å². The number of nitrogens with one attached hydrogen (secondary N) is 1. The number of rotatable bonds is 4. The number of ether oxygens (including phenoxy) is 1. The molecule has 16 heavy (non-hydrogen) atoms. The van der Waals surface area contributed by atoms with Crippen molar-refractivity contribution in [2.75, 3.05) is 18.5 Å². The highest BCUT2D eigenvalue weighted by Crippen LogP contribution is 2.16. The van der Waals surface area contributed by atoms with Gasteiger partial charge < -0.3 is 10.1 Å². The highest BCUT2D eigenvalue weighted by atomic mass is 16.5. The Morgan fingerprint density at radius 2 is 2.25 bits per heavy atom. The van der Waals surface area contributed by atoms with E-state index in [2.05, 4.69) is 23.4 Å². The molecule has 1 aliphatic heterocycles. The summed E-state index contributed by atoms with van der Waals surface area (Å²) in [4.78, 5) is 0. The Hall–Kier alpha value is -1.03. The maximum atomic E-state index is 5.35. The molecule has 1 aromatic heterocycles. The Morgan fingerprint density at radius 1 is 1.50 bits per heavy atom. The van der Waals surface area contributed by atoms with E-state index in [4.69, 9.17) is 4.74 Å². The molecule has 0 unspecified atom stereocenters. The van der Waals surface area contributed by atoms with Crippen LogP contribution < -0.4 is 5.32 Å². The van der Waals surface area contributed by atoms with Gasteiger partial charge in [0.15, 0.2) is 0 Å². The monoisotopic (exact) mass is 223 g/mol. The zero-order valence-electron chi connectivity index (χ0n) is 10.2. The molecule has 1 fully saturated rings. The molecule has 2 heterocycles. The molecule has 0 bridgehead atoms. The van der Waals surface area contributed by atoms with Crippen LogP contribution in [0.2, 0.25) is 0 Å². The van der Waals surface area contributed by atoms with Crippen LogP contribution in [0.5, 0.6) is 0 Å². The summed E-state index contributed by atoms with van der Waals surface area (Å²) in [6.07, 6.45) is 4.39. The summed E-state index contributed by atoms with van der Waals surface area (Å²) in [5.74, 6) is 1.13. The van der Waals surface area contributed by atoms with E-state index in [1.54, 1.807) is 0 Å². The van der Waals surface area contributed by atoms with Crippen LogP contribution in [0.15, 0.2) is 6.07 Å². The second-order valence-corrected chi connectivity index (χ2v) is 4.43. The van der Waals surface area contributed by atoms with Crippen molar-refractivity contribution >= 4 is 5.82 Å². The molecule has 0 saturated carbocycles. The normalized spacial score (nSPS) is 17.6. The zero-order valence-corrected chi connectivity index (χ0v) is 10.2. The zero-order chi connectivity index (χ0) is 11.4. The highest BCUT2D eigenvalue weighted by Gasteiger charge is 2.15. The third-order valence-electron chi connectivity index (χ3n) is 3.01.